The predicted molar refractivity (Wildman–Crippen MR) is 106 cm³/mol. The largest absolute Gasteiger partial charge is 0.391 e. The van der Waals surface area contributed by atoms with Crippen LogP contribution in [0.3, 0.4) is 0 Å². The van der Waals surface area contributed by atoms with E-state index in [1.165, 1.54) is 4.90 Å². The topological polar surface area (TPSA) is 84.9 Å². The van der Waals surface area contributed by atoms with Crippen LogP contribution in [0.15, 0.2) is 18.2 Å². The van der Waals surface area contributed by atoms with Crippen molar-refractivity contribution in [3.8, 4) is 0 Å². The lowest BCUT2D eigenvalue weighted by Gasteiger charge is -2.41. The summed E-state index contributed by atoms with van der Waals surface area (Å²) in [6.45, 7) is 0.757. The molecule has 2 saturated carbocycles. The second-order valence-corrected chi connectivity index (χ2v) is 8.43. The maximum absolute atomic E-state index is 14.4. The SMILES string of the molecule is CNC(=O)N1CC(O)CC(N(C(=O)NCc2ccc(C3CC3)cc2F)C2CC2)C1. The number of carbonyl (C=O) groups is 2. The fraction of sp³-hybridized carbons (Fsp3) is 0.619. The van der Waals surface area contributed by atoms with Crippen molar-refractivity contribution in [3.63, 3.8) is 0 Å². The second kappa shape index (κ2) is 8.18. The lowest BCUT2D eigenvalue weighted by Crippen LogP contribution is -2.59. The summed E-state index contributed by atoms with van der Waals surface area (Å²) in [5, 5.41) is 15.6. The molecule has 0 bridgehead atoms. The van der Waals surface area contributed by atoms with Crippen LogP contribution in [-0.2, 0) is 6.54 Å². The van der Waals surface area contributed by atoms with Gasteiger partial charge in [0.25, 0.3) is 0 Å². The number of urea groups is 2. The van der Waals surface area contributed by atoms with Crippen LogP contribution in [0.1, 0.15) is 49.1 Å². The average molecular weight is 404 g/mol. The number of piperidine rings is 1. The molecule has 4 rings (SSSR count). The summed E-state index contributed by atoms with van der Waals surface area (Å²) < 4.78 is 14.4. The number of aliphatic hydroxyl groups is 1. The first kappa shape index (κ1) is 19.9. The van der Waals surface area contributed by atoms with Gasteiger partial charge < -0.3 is 25.5 Å². The number of aliphatic hydroxyl groups excluding tert-OH is 1. The van der Waals surface area contributed by atoms with E-state index in [9.17, 15) is 19.1 Å². The van der Waals surface area contributed by atoms with Crippen molar-refractivity contribution < 1.29 is 19.1 Å². The van der Waals surface area contributed by atoms with Gasteiger partial charge in [0.1, 0.15) is 5.82 Å². The van der Waals surface area contributed by atoms with Crippen molar-refractivity contribution in [2.75, 3.05) is 20.1 Å². The Morgan fingerprint density at radius 2 is 1.97 bits per heavy atom. The summed E-state index contributed by atoms with van der Waals surface area (Å²) in [5.41, 5.74) is 1.50. The van der Waals surface area contributed by atoms with Gasteiger partial charge in [0.05, 0.1) is 12.1 Å². The molecule has 0 spiro atoms. The normalized spacial score (nSPS) is 24.2. The Bertz CT molecular complexity index is 781. The highest BCUT2D eigenvalue weighted by Crippen LogP contribution is 2.40. The van der Waals surface area contributed by atoms with Crippen LogP contribution in [0.4, 0.5) is 14.0 Å². The van der Waals surface area contributed by atoms with Gasteiger partial charge in [0.2, 0.25) is 0 Å². The van der Waals surface area contributed by atoms with E-state index in [2.05, 4.69) is 10.6 Å². The Morgan fingerprint density at radius 3 is 2.59 bits per heavy atom. The number of amides is 4. The van der Waals surface area contributed by atoms with Crippen LogP contribution >= 0.6 is 0 Å². The van der Waals surface area contributed by atoms with E-state index in [4.69, 9.17) is 0 Å². The van der Waals surface area contributed by atoms with Crippen molar-refractivity contribution in [2.45, 2.75) is 62.8 Å². The molecule has 2 aliphatic carbocycles. The molecule has 4 amide bonds. The number of hydrogen-bond acceptors (Lipinski definition) is 3. The number of carbonyl (C=O) groups excluding carboxylic acids is 2. The van der Waals surface area contributed by atoms with Crippen molar-refractivity contribution >= 4 is 12.1 Å². The molecule has 158 valence electrons. The Balaban J connectivity index is 1.40. The quantitative estimate of drug-likeness (QED) is 0.703. The van der Waals surface area contributed by atoms with Crippen LogP contribution in [0.5, 0.6) is 0 Å². The highest BCUT2D eigenvalue weighted by atomic mass is 19.1. The molecule has 1 aromatic carbocycles. The number of rotatable bonds is 5. The molecular weight excluding hydrogens is 375 g/mol. The van der Waals surface area contributed by atoms with E-state index in [1.807, 2.05) is 6.07 Å². The van der Waals surface area contributed by atoms with E-state index >= 15 is 0 Å². The summed E-state index contributed by atoms with van der Waals surface area (Å²) in [6.07, 6.45) is 3.81. The lowest BCUT2D eigenvalue weighted by molar-refractivity contribution is 0.0356. The van der Waals surface area contributed by atoms with Crippen LogP contribution in [0.2, 0.25) is 0 Å². The molecule has 1 aromatic rings. The number of β-amino-alcohol motifs (C(OH)–C–C–N with tert-alkyl or cyclic N) is 1. The van der Waals surface area contributed by atoms with Crippen molar-refractivity contribution in [1.82, 2.24) is 20.4 Å². The standard InChI is InChI=1S/C21H29FN4O3/c1-23-20(28)25-11-17(9-18(27)12-25)26(16-6-7-16)21(29)24-10-15-5-4-14(8-19(15)22)13-2-3-13/h4-5,8,13,16-18,27H,2-3,6-7,9-12H2,1H3,(H,23,28)(H,24,29). The molecule has 7 nitrogen and oxygen atoms in total. The lowest BCUT2D eigenvalue weighted by atomic mass is 10.0. The minimum Gasteiger partial charge on any atom is -0.391 e. The zero-order chi connectivity index (χ0) is 20.5. The molecule has 3 fully saturated rings. The monoisotopic (exact) mass is 404 g/mol. The van der Waals surface area contributed by atoms with Crippen LogP contribution in [-0.4, -0.2) is 65.3 Å². The number of nitrogens with zero attached hydrogens (tertiary/aromatic N) is 2. The highest BCUT2D eigenvalue weighted by molar-refractivity contribution is 5.76. The first-order chi connectivity index (χ1) is 14.0. The summed E-state index contributed by atoms with van der Waals surface area (Å²) in [6, 6.07) is 4.60. The molecule has 1 saturated heterocycles. The van der Waals surface area contributed by atoms with E-state index in [0.717, 1.165) is 31.2 Å². The third-order valence-electron chi connectivity index (χ3n) is 6.03. The number of hydrogen-bond donors (Lipinski definition) is 3. The predicted octanol–water partition coefficient (Wildman–Crippen LogP) is 2.15. The summed E-state index contributed by atoms with van der Waals surface area (Å²) >= 11 is 0. The van der Waals surface area contributed by atoms with Gasteiger partial charge in [-0.05, 0) is 49.7 Å². The van der Waals surface area contributed by atoms with E-state index in [0.29, 0.717) is 24.4 Å². The van der Waals surface area contributed by atoms with Gasteiger partial charge in [-0.2, -0.15) is 0 Å². The van der Waals surface area contributed by atoms with Gasteiger partial charge in [-0.3, -0.25) is 0 Å². The van der Waals surface area contributed by atoms with E-state index in [1.54, 1.807) is 24.1 Å². The van der Waals surface area contributed by atoms with Gasteiger partial charge in [-0.25, -0.2) is 14.0 Å². The Labute approximate surface area is 170 Å². The van der Waals surface area contributed by atoms with Crippen LogP contribution < -0.4 is 10.6 Å². The van der Waals surface area contributed by atoms with Crippen LogP contribution in [0.25, 0.3) is 0 Å². The molecule has 29 heavy (non-hydrogen) atoms. The van der Waals surface area contributed by atoms with Crippen molar-refractivity contribution in [2.24, 2.45) is 0 Å². The fourth-order valence-electron chi connectivity index (χ4n) is 4.19. The first-order valence-corrected chi connectivity index (χ1v) is 10.5. The summed E-state index contributed by atoms with van der Waals surface area (Å²) in [7, 11) is 1.55. The third-order valence-corrected chi connectivity index (χ3v) is 6.03. The Morgan fingerprint density at radius 1 is 1.21 bits per heavy atom. The molecule has 1 heterocycles. The summed E-state index contributed by atoms with van der Waals surface area (Å²) in [5.74, 6) is 0.200. The number of halogens is 1. The Hall–Kier alpha value is -2.35. The molecule has 8 heteroatoms. The molecule has 0 radical (unpaired) electrons. The minimum absolute atomic E-state index is 0.110. The molecule has 3 N–H and O–H groups in total. The molecule has 2 atom stereocenters. The zero-order valence-corrected chi connectivity index (χ0v) is 16.7. The van der Waals surface area contributed by atoms with Crippen LogP contribution in [0, 0.1) is 5.82 Å². The summed E-state index contributed by atoms with van der Waals surface area (Å²) in [4.78, 5) is 28.2. The number of nitrogens with one attached hydrogen (secondary N) is 2. The van der Waals surface area contributed by atoms with Crippen molar-refractivity contribution in [1.29, 1.82) is 0 Å². The number of likely N-dealkylation sites (tertiary alicyclic amines) is 1. The maximum Gasteiger partial charge on any atom is 0.318 e. The highest BCUT2D eigenvalue weighted by Gasteiger charge is 2.41. The molecular formula is C21H29FN4O3. The second-order valence-electron chi connectivity index (χ2n) is 8.43. The molecule has 3 aliphatic rings. The van der Waals surface area contributed by atoms with Gasteiger partial charge in [-0.1, -0.05) is 12.1 Å². The van der Waals surface area contributed by atoms with Gasteiger partial charge in [0, 0.05) is 38.3 Å². The van der Waals surface area contributed by atoms with Gasteiger partial charge in [0.15, 0.2) is 0 Å². The molecule has 0 aromatic heterocycles. The Kier molecular flexibility index (Phi) is 5.63. The van der Waals surface area contributed by atoms with Gasteiger partial charge >= 0.3 is 12.1 Å². The molecule has 2 unspecified atom stereocenters. The van der Waals surface area contributed by atoms with E-state index in [-0.39, 0.29) is 43.1 Å². The minimum atomic E-state index is -0.674. The van der Waals surface area contributed by atoms with Crippen molar-refractivity contribution in [3.05, 3.63) is 35.1 Å². The van der Waals surface area contributed by atoms with Gasteiger partial charge in [-0.15, -0.1) is 0 Å². The first-order valence-electron chi connectivity index (χ1n) is 10.5. The third kappa shape index (κ3) is 4.63. The van der Waals surface area contributed by atoms with E-state index < -0.39 is 6.10 Å². The molecule has 1 aliphatic heterocycles. The number of benzene rings is 1. The smallest absolute Gasteiger partial charge is 0.318 e. The maximum atomic E-state index is 14.4. The fourth-order valence-corrected chi connectivity index (χ4v) is 4.19. The zero-order valence-electron chi connectivity index (χ0n) is 16.7. The average Bonchev–Trinajstić information content (AvgIpc) is 3.59.